The maximum Gasteiger partial charge on any atom is 0.360 e. The van der Waals surface area contributed by atoms with Gasteiger partial charge in [0.2, 0.25) is 5.91 Å². The molecule has 3 heterocycles. The molecule has 200 valence electrons. The van der Waals surface area contributed by atoms with Crippen LogP contribution in [0.1, 0.15) is 41.0 Å². The number of piperazine rings is 1. The number of nitrogens with zero attached hydrogens (tertiary/aromatic N) is 6. The summed E-state index contributed by atoms with van der Waals surface area (Å²) in [5, 5.41) is 8.13. The van der Waals surface area contributed by atoms with Crippen LogP contribution in [0.25, 0.3) is 0 Å². The fraction of sp³-hybridized carbons (Fsp3) is 0.429. The monoisotopic (exact) mass is 520 g/mol. The number of halogens is 1. The Kier molecular flexibility index (Phi) is 7.69. The Morgan fingerprint density at radius 2 is 1.68 bits per heavy atom. The number of hydrogen-bond donors (Lipinski definition) is 0. The number of amides is 1. The van der Waals surface area contributed by atoms with Crippen LogP contribution < -0.4 is 4.90 Å². The highest BCUT2D eigenvalue weighted by atomic mass is 19.1. The average Bonchev–Trinajstić information content (AvgIpc) is 3.61. The number of aryl methyl sites for hydroxylation is 1. The molecule has 0 bridgehead atoms. The van der Waals surface area contributed by atoms with E-state index in [2.05, 4.69) is 51.3 Å². The van der Waals surface area contributed by atoms with Crippen molar-refractivity contribution in [1.82, 2.24) is 24.8 Å². The number of methoxy groups -OCH3 is 1. The lowest BCUT2D eigenvalue weighted by Gasteiger charge is -2.38. The molecule has 0 saturated carbocycles. The van der Waals surface area contributed by atoms with Crippen LogP contribution in [0.3, 0.4) is 0 Å². The third-order valence-corrected chi connectivity index (χ3v) is 7.55. The lowest BCUT2D eigenvalue weighted by molar-refractivity contribution is -0.136. The van der Waals surface area contributed by atoms with Crippen molar-refractivity contribution in [1.29, 1.82) is 0 Å². The fourth-order valence-electron chi connectivity index (χ4n) is 5.32. The normalized spacial score (nSPS) is 20.1. The van der Waals surface area contributed by atoms with Gasteiger partial charge in [-0.05, 0) is 48.2 Å². The van der Waals surface area contributed by atoms with Gasteiger partial charge in [-0.1, -0.05) is 36.4 Å². The largest absolute Gasteiger partial charge is 0.464 e. The zero-order valence-corrected chi connectivity index (χ0v) is 21.8. The van der Waals surface area contributed by atoms with Gasteiger partial charge in [0.25, 0.3) is 0 Å². The standard InChI is InChI=1S/C28H33FN6O3/c1-3-20-4-6-21(7-5-20)17-34-18-24(35-19-25(30-31-35)28(37)38-2)16-26(34)27(36)33-14-12-32(13-15-33)23-10-8-22(29)9-11-23/h4-11,19,24,26H,3,12-18H2,1-2H3/t24-,26+/m1/s1. The Balaban J connectivity index is 1.30. The molecule has 10 heteroatoms. The number of hydrogen-bond acceptors (Lipinski definition) is 7. The number of esters is 1. The van der Waals surface area contributed by atoms with Gasteiger partial charge in [0.15, 0.2) is 5.69 Å². The minimum Gasteiger partial charge on any atom is -0.464 e. The summed E-state index contributed by atoms with van der Waals surface area (Å²) in [4.78, 5) is 32.0. The van der Waals surface area contributed by atoms with E-state index in [0.29, 0.717) is 45.7 Å². The lowest BCUT2D eigenvalue weighted by Crippen LogP contribution is -2.53. The Hall–Kier alpha value is -3.79. The number of likely N-dealkylation sites (tertiary alicyclic amines) is 1. The van der Waals surface area contributed by atoms with Crippen molar-refractivity contribution in [3.63, 3.8) is 0 Å². The van der Waals surface area contributed by atoms with Crippen LogP contribution in [0.2, 0.25) is 0 Å². The minimum atomic E-state index is -0.534. The summed E-state index contributed by atoms with van der Waals surface area (Å²) in [5.74, 6) is -0.688. The first-order chi connectivity index (χ1) is 18.4. The molecule has 2 fully saturated rings. The van der Waals surface area contributed by atoms with Gasteiger partial charge in [0, 0.05) is 45.0 Å². The summed E-state index contributed by atoms with van der Waals surface area (Å²) in [6.07, 6.45) is 3.15. The van der Waals surface area contributed by atoms with E-state index >= 15 is 0 Å². The zero-order chi connectivity index (χ0) is 26.6. The van der Waals surface area contributed by atoms with Gasteiger partial charge in [-0.2, -0.15) is 0 Å². The smallest absolute Gasteiger partial charge is 0.360 e. The maximum atomic E-state index is 13.8. The predicted molar refractivity (Wildman–Crippen MR) is 140 cm³/mol. The molecule has 2 aromatic carbocycles. The Morgan fingerprint density at radius 1 is 1.00 bits per heavy atom. The van der Waals surface area contributed by atoms with Gasteiger partial charge >= 0.3 is 5.97 Å². The van der Waals surface area contributed by atoms with Crippen LogP contribution in [0.15, 0.2) is 54.7 Å². The summed E-state index contributed by atoms with van der Waals surface area (Å²) in [7, 11) is 1.31. The summed E-state index contributed by atoms with van der Waals surface area (Å²) in [6.45, 7) is 5.98. The Labute approximate surface area is 221 Å². The van der Waals surface area contributed by atoms with Crippen molar-refractivity contribution in [2.45, 2.75) is 38.4 Å². The highest BCUT2D eigenvalue weighted by Gasteiger charge is 2.40. The molecule has 0 unspecified atom stereocenters. The van der Waals surface area contributed by atoms with E-state index in [4.69, 9.17) is 4.74 Å². The molecule has 2 atom stereocenters. The number of rotatable bonds is 7. The van der Waals surface area contributed by atoms with E-state index in [1.807, 2.05) is 4.90 Å². The molecule has 2 aliphatic rings. The van der Waals surface area contributed by atoms with E-state index in [0.717, 1.165) is 17.7 Å². The third-order valence-electron chi connectivity index (χ3n) is 7.55. The number of aromatic nitrogens is 3. The number of ether oxygens (including phenoxy) is 1. The second-order valence-electron chi connectivity index (χ2n) is 9.87. The maximum absolute atomic E-state index is 13.8. The molecule has 2 saturated heterocycles. The number of anilines is 1. The predicted octanol–water partition coefficient (Wildman–Crippen LogP) is 2.93. The molecule has 38 heavy (non-hydrogen) atoms. The Bertz CT molecular complexity index is 1250. The van der Waals surface area contributed by atoms with E-state index in [1.54, 1.807) is 23.0 Å². The van der Waals surface area contributed by atoms with Crippen molar-refractivity contribution in [2.75, 3.05) is 44.7 Å². The second-order valence-corrected chi connectivity index (χ2v) is 9.87. The molecule has 3 aromatic rings. The molecule has 1 amide bonds. The van der Waals surface area contributed by atoms with Gasteiger partial charge in [-0.25, -0.2) is 13.9 Å². The summed E-state index contributed by atoms with van der Waals surface area (Å²) in [5.41, 5.74) is 3.54. The molecule has 0 radical (unpaired) electrons. The van der Waals surface area contributed by atoms with Crippen molar-refractivity contribution < 1.29 is 18.7 Å². The molecule has 2 aliphatic heterocycles. The molecule has 0 spiro atoms. The minimum absolute atomic E-state index is 0.0923. The van der Waals surface area contributed by atoms with Crippen LogP contribution >= 0.6 is 0 Å². The van der Waals surface area contributed by atoms with Gasteiger partial charge in [0.05, 0.1) is 25.4 Å². The van der Waals surface area contributed by atoms with Crippen molar-refractivity contribution in [3.05, 3.63) is 77.4 Å². The van der Waals surface area contributed by atoms with E-state index < -0.39 is 5.97 Å². The van der Waals surface area contributed by atoms with Crippen molar-refractivity contribution in [3.8, 4) is 0 Å². The Morgan fingerprint density at radius 3 is 2.34 bits per heavy atom. The summed E-state index contributed by atoms with van der Waals surface area (Å²) in [6, 6.07) is 14.6. The van der Waals surface area contributed by atoms with Crippen LogP contribution in [-0.2, 0) is 22.5 Å². The first-order valence-electron chi connectivity index (χ1n) is 13.1. The van der Waals surface area contributed by atoms with E-state index in [9.17, 15) is 14.0 Å². The third kappa shape index (κ3) is 5.55. The first kappa shape index (κ1) is 25.8. The zero-order valence-electron chi connectivity index (χ0n) is 21.8. The van der Waals surface area contributed by atoms with Crippen LogP contribution in [0, 0.1) is 5.82 Å². The van der Waals surface area contributed by atoms with Gasteiger partial charge < -0.3 is 14.5 Å². The van der Waals surface area contributed by atoms with Gasteiger partial charge in [-0.3, -0.25) is 9.69 Å². The van der Waals surface area contributed by atoms with Crippen molar-refractivity contribution >= 4 is 17.6 Å². The summed E-state index contributed by atoms with van der Waals surface area (Å²) >= 11 is 0. The van der Waals surface area contributed by atoms with Gasteiger partial charge in [0.1, 0.15) is 5.82 Å². The molecular formula is C28H33FN6O3. The van der Waals surface area contributed by atoms with E-state index in [1.165, 1.54) is 24.8 Å². The SMILES string of the molecule is CCc1ccc(CN2C[C@H](n3cc(C(=O)OC)nn3)C[C@H]2C(=O)N2CCN(c3ccc(F)cc3)CC2)cc1. The quantitative estimate of drug-likeness (QED) is 0.443. The van der Waals surface area contributed by atoms with Crippen LogP contribution in [-0.4, -0.2) is 82.5 Å². The van der Waals surface area contributed by atoms with Crippen LogP contribution in [0.4, 0.5) is 10.1 Å². The highest BCUT2D eigenvalue weighted by Crippen LogP contribution is 2.30. The lowest BCUT2D eigenvalue weighted by atomic mass is 10.1. The molecule has 9 nitrogen and oxygen atoms in total. The summed E-state index contributed by atoms with van der Waals surface area (Å²) < 4.78 is 19.8. The molecule has 1 aromatic heterocycles. The topological polar surface area (TPSA) is 83.8 Å². The van der Waals surface area contributed by atoms with Crippen LogP contribution in [0.5, 0.6) is 0 Å². The first-order valence-corrected chi connectivity index (χ1v) is 13.1. The number of carbonyl (C=O) groups is 2. The molecule has 0 N–H and O–H groups in total. The molecule has 5 rings (SSSR count). The fourth-order valence-corrected chi connectivity index (χ4v) is 5.32. The van der Waals surface area contributed by atoms with E-state index in [-0.39, 0.29) is 29.5 Å². The second kappa shape index (κ2) is 11.3. The van der Waals surface area contributed by atoms with Gasteiger partial charge in [-0.15, -0.1) is 5.10 Å². The molecule has 0 aliphatic carbocycles. The van der Waals surface area contributed by atoms with Crippen molar-refractivity contribution in [2.24, 2.45) is 0 Å². The average molecular weight is 521 g/mol. The highest BCUT2D eigenvalue weighted by molar-refractivity contribution is 5.86. The molecular weight excluding hydrogens is 487 g/mol. The number of carbonyl (C=O) groups excluding carboxylic acids is 2. The number of benzene rings is 2.